The van der Waals surface area contributed by atoms with Gasteiger partial charge >= 0.3 is 0 Å². The standard InChI is InChI=1S/C19H21BrN2O2/c1-4-8-24-18-14(20)10-13(11-17(18)23-5-2)19-21-15-7-6-12(3)9-16(15)22-19/h6-7,9-11H,4-5,8H2,1-3H3,(H,21,22). The summed E-state index contributed by atoms with van der Waals surface area (Å²) in [6, 6.07) is 10.2. The van der Waals surface area contributed by atoms with E-state index in [9.17, 15) is 0 Å². The van der Waals surface area contributed by atoms with Crippen molar-refractivity contribution in [3.8, 4) is 22.9 Å². The van der Waals surface area contributed by atoms with Crippen LogP contribution in [0.2, 0.25) is 0 Å². The Bertz CT molecular complexity index is 858. The predicted molar refractivity (Wildman–Crippen MR) is 101 cm³/mol. The van der Waals surface area contributed by atoms with Crippen molar-refractivity contribution >= 4 is 27.0 Å². The van der Waals surface area contributed by atoms with Gasteiger partial charge in [0, 0.05) is 5.56 Å². The lowest BCUT2D eigenvalue weighted by Gasteiger charge is -2.14. The molecule has 0 aliphatic heterocycles. The Kier molecular flexibility index (Phi) is 5.09. The van der Waals surface area contributed by atoms with Crippen LogP contribution in [0, 0.1) is 6.92 Å². The Morgan fingerprint density at radius 3 is 2.71 bits per heavy atom. The highest BCUT2D eigenvalue weighted by Gasteiger charge is 2.15. The molecular formula is C19H21BrN2O2. The maximum Gasteiger partial charge on any atom is 0.175 e. The summed E-state index contributed by atoms with van der Waals surface area (Å²) in [6.07, 6.45) is 0.947. The third-order valence-corrected chi connectivity index (χ3v) is 4.26. The van der Waals surface area contributed by atoms with E-state index in [-0.39, 0.29) is 0 Å². The Balaban J connectivity index is 2.05. The fraction of sp³-hybridized carbons (Fsp3) is 0.316. The van der Waals surface area contributed by atoms with Gasteiger partial charge in [0.1, 0.15) is 5.82 Å². The van der Waals surface area contributed by atoms with Gasteiger partial charge in [-0.2, -0.15) is 0 Å². The fourth-order valence-electron chi connectivity index (χ4n) is 2.57. The monoisotopic (exact) mass is 388 g/mol. The average molecular weight is 389 g/mol. The third-order valence-electron chi connectivity index (χ3n) is 3.67. The van der Waals surface area contributed by atoms with Crippen LogP contribution < -0.4 is 9.47 Å². The highest BCUT2D eigenvalue weighted by atomic mass is 79.9. The van der Waals surface area contributed by atoms with E-state index in [1.807, 2.05) is 25.1 Å². The lowest BCUT2D eigenvalue weighted by atomic mass is 10.2. The molecule has 126 valence electrons. The van der Waals surface area contributed by atoms with E-state index in [4.69, 9.17) is 9.47 Å². The molecule has 1 heterocycles. The van der Waals surface area contributed by atoms with E-state index in [1.165, 1.54) is 5.56 Å². The Morgan fingerprint density at radius 1 is 1.12 bits per heavy atom. The Labute approximate surface area is 150 Å². The summed E-state index contributed by atoms with van der Waals surface area (Å²) in [4.78, 5) is 8.07. The molecule has 3 rings (SSSR count). The number of nitrogens with zero attached hydrogens (tertiary/aromatic N) is 1. The molecule has 0 saturated carbocycles. The van der Waals surface area contributed by atoms with E-state index in [0.717, 1.165) is 44.8 Å². The smallest absolute Gasteiger partial charge is 0.175 e. The predicted octanol–water partition coefficient (Wildman–Crippen LogP) is 5.49. The van der Waals surface area contributed by atoms with Crippen molar-refractivity contribution in [1.29, 1.82) is 0 Å². The summed E-state index contributed by atoms with van der Waals surface area (Å²) in [5.74, 6) is 2.29. The summed E-state index contributed by atoms with van der Waals surface area (Å²) < 4.78 is 12.5. The Morgan fingerprint density at radius 2 is 1.96 bits per heavy atom. The molecule has 0 saturated heterocycles. The number of hydrogen-bond acceptors (Lipinski definition) is 3. The fourth-order valence-corrected chi connectivity index (χ4v) is 3.13. The number of halogens is 1. The molecule has 4 nitrogen and oxygen atoms in total. The lowest BCUT2D eigenvalue weighted by molar-refractivity contribution is 0.275. The number of aryl methyl sites for hydroxylation is 1. The molecule has 0 fully saturated rings. The van der Waals surface area contributed by atoms with E-state index in [1.54, 1.807) is 0 Å². The van der Waals surface area contributed by atoms with Crippen molar-refractivity contribution in [3.63, 3.8) is 0 Å². The number of benzene rings is 2. The molecule has 0 aliphatic carbocycles. The minimum Gasteiger partial charge on any atom is -0.490 e. The summed E-state index contributed by atoms with van der Waals surface area (Å²) in [5.41, 5.74) is 4.15. The first-order valence-corrected chi connectivity index (χ1v) is 8.97. The van der Waals surface area contributed by atoms with Crippen LogP contribution in [-0.2, 0) is 0 Å². The number of rotatable bonds is 6. The van der Waals surface area contributed by atoms with E-state index in [0.29, 0.717) is 13.2 Å². The van der Waals surface area contributed by atoms with Crippen LogP contribution in [0.1, 0.15) is 25.8 Å². The van der Waals surface area contributed by atoms with Gasteiger partial charge in [0.15, 0.2) is 11.5 Å². The van der Waals surface area contributed by atoms with Crippen LogP contribution in [0.15, 0.2) is 34.8 Å². The molecular weight excluding hydrogens is 368 g/mol. The van der Waals surface area contributed by atoms with Crippen molar-refractivity contribution in [2.75, 3.05) is 13.2 Å². The van der Waals surface area contributed by atoms with Gasteiger partial charge in [-0.25, -0.2) is 4.98 Å². The molecule has 3 aromatic rings. The van der Waals surface area contributed by atoms with Crippen LogP contribution in [-0.4, -0.2) is 23.2 Å². The van der Waals surface area contributed by atoms with Gasteiger partial charge in [-0.15, -0.1) is 0 Å². The summed E-state index contributed by atoms with van der Waals surface area (Å²) >= 11 is 3.60. The summed E-state index contributed by atoms with van der Waals surface area (Å²) in [7, 11) is 0. The van der Waals surface area contributed by atoms with Gasteiger partial charge in [-0.05, 0) is 66.0 Å². The zero-order chi connectivity index (χ0) is 17.1. The molecule has 0 amide bonds. The minimum atomic E-state index is 0.581. The van der Waals surface area contributed by atoms with E-state index in [2.05, 4.69) is 51.9 Å². The maximum absolute atomic E-state index is 5.83. The number of imidazole rings is 1. The molecule has 0 atom stereocenters. The molecule has 0 radical (unpaired) electrons. The second kappa shape index (κ2) is 7.26. The van der Waals surface area contributed by atoms with Crippen LogP contribution >= 0.6 is 15.9 Å². The number of aromatic nitrogens is 2. The molecule has 5 heteroatoms. The SMILES string of the molecule is CCCOc1c(Br)cc(-c2nc3ccc(C)cc3[nH]2)cc1OCC. The molecule has 0 bridgehead atoms. The van der Waals surface area contributed by atoms with Crippen molar-refractivity contribution < 1.29 is 9.47 Å². The Hall–Kier alpha value is -2.01. The minimum absolute atomic E-state index is 0.581. The van der Waals surface area contributed by atoms with E-state index >= 15 is 0 Å². The van der Waals surface area contributed by atoms with Gasteiger partial charge in [-0.1, -0.05) is 13.0 Å². The number of fused-ring (bicyclic) bond motifs is 1. The molecule has 0 aliphatic rings. The first-order chi connectivity index (χ1) is 11.6. The number of hydrogen-bond donors (Lipinski definition) is 1. The highest BCUT2D eigenvalue weighted by molar-refractivity contribution is 9.10. The van der Waals surface area contributed by atoms with Gasteiger partial charge in [0.05, 0.1) is 28.7 Å². The van der Waals surface area contributed by atoms with Gasteiger partial charge in [0.2, 0.25) is 0 Å². The highest BCUT2D eigenvalue weighted by Crippen LogP contribution is 2.39. The maximum atomic E-state index is 5.83. The summed E-state index contributed by atoms with van der Waals surface area (Å²) in [5, 5.41) is 0. The number of H-pyrrole nitrogens is 1. The first kappa shape index (κ1) is 16.8. The number of nitrogens with one attached hydrogen (secondary N) is 1. The quantitative estimate of drug-likeness (QED) is 0.607. The van der Waals surface area contributed by atoms with Crippen molar-refractivity contribution in [1.82, 2.24) is 9.97 Å². The zero-order valence-corrected chi connectivity index (χ0v) is 15.7. The van der Waals surface area contributed by atoms with Crippen LogP contribution in [0.5, 0.6) is 11.5 Å². The van der Waals surface area contributed by atoms with Crippen LogP contribution in [0.25, 0.3) is 22.4 Å². The van der Waals surface area contributed by atoms with Gasteiger partial charge < -0.3 is 14.5 Å². The van der Waals surface area contributed by atoms with Gasteiger partial charge in [-0.3, -0.25) is 0 Å². The van der Waals surface area contributed by atoms with Crippen molar-refractivity contribution in [2.45, 2.75) is 27.2 Å². The average Bonchev–Trinajstić information content (AvgIpc) is 2.97. The number of ether oxygens (including phenoxy) is 2. The molecule has 1 N–H and O–H groups in total. The van der Waals surface area contributed by atoms with Crippen LogP contribution in [0.3, 0.4) is 0 Å². The largest absolute Gasteiger partial charge is 0.490 e. The number of aromatic amines is 1. The van der Waals surface area contributed by atoms with Gasteiger partial charge in [0.25, 0.3) is 0 Å². The first-order valence-electron chi connectivity index (χ1n) is 8.18. The second-order valence-corrected chi connectivity index (χ2v) is 6.53. The van der Waals surface area contributed by atoms with Crippen LogP contribution in [0.4, 0.5) is 0 Å². The summed E-state index contributed by atoms with van der Waals surface area (Å²) in [6.45, 7) is 7.36. The molecule has 0 spiro atoms. The van der Waals surface area contributed by atoms with Crippen molar-refractivity contribution in [2.24, 2.45) is 0 Å². The van der Waals surface area contributed by atoms with E-state index < -0.39 is 0 Å². The lowest BCUT2D eigenvalue weighted by Crippen LogP contribution is -2.01. The normalized spacial score (nSPS) is 11.0. The molecule has 1 aromatic heterocycles. The molecule has 24 heavy (non-hydrogen) atoms. The van der Waals surface area contributed by atoms with Crippen molar-refractivity contribution in [3.05, 3.63) is 40.4 Å². The molecule has 0 unspecified atom stereocenters. The topological polar surface area (TPSA) is 47.1 Å². The molecule has 2 aromatic carbocycles. The third kappa shape index (κ3) is 3.41. The second-order valence-electron chi connectivity index (χ2n) is 5.67. The zero-order valence-electron chi connectivity index (χ0n) is 14.1.